The summed E-state index contributed by atoms with van der Waals surface area (Å²) < 4.78 is 8.00. The van der Waals surface area contributed by atoms with E-state index >= 15 is 0 Å². The van der Waals surface area contributed by atoms with Gasteiger partial charge in [-0.15, -0.1) is 0 Å². The van der Waals surface area contributed by atoms with Crippen LogP contribution in [0.1, 0.15) is 5.56 Å². The Bertz CT molecular complexity index is 959. The number of aromatic nitrogens is 3. The molecule has 0 bridgehead atoms. The Morgan fingerprint density at radius 2 is 1.92 bits per heavy atom. The number of nitrogens with zero attached hydrogens (tertiary/aromatic N) is 3. The molecule has 0 atom stereocenters. The van der Waals surface area contributed by atoms with E-state index in [4.69, 9.17) is 17.0 Å². The fraction of sp³-hybridized carbons (Fsp3) is 0.0556. The second-order valence-electron chi connectivity index (χ2n) is 5.08. The van der Waals surface area contributed by atoms with E-state index in [1.54, 1.807) is 18.0 Å². The maximum absolute atomic E-state index is 5.27. The van der Waals surface area contributed by atoms with Gasteiger partial charge in [-0.3, -0.25) is 0 Å². The molecular weight excluding hydrogens is 400 g/mol. The first kappa shape index (κ1) is 17.3. The zero-order valence-corrected chi connectivity index (χ0v) is 15.8. The third-order valence-corrected chi connectivity index (χ3v) is 4.10. The monoisotopic (exact) mass is 414 g/mol. The zero-order chi connectivity index (χ0) is 17.6. The second-order valence-corrected chi connectivity index (χ2v) is 6.38. The smallest absolute Gasteiger partial charge is 0.216 e. The predicted molar refractivity (Wildman–Crippen MR) is 107 cm³/mol. The van der Waals surface area contributed by atoms with Crippen LogP contribution in [0, 0.1) is 4.77 Å². The summed E-state index contributed by atoms with van der Waals surface area (Å²) >= 11 is 8.78. The quantitative estimate of drug-likeness (QED) is 0.477. The fourth-order valence-electron chi connectivity index (χ4n) is 2.18. The Morgan fingerprint density at radius 3 is 2.60 bits per heavy atom. The maximum atomic E-state index is 5.27. The molecule has 5 nitrogen and oxygen atoms in total. The van der Waals surface area contributed by atoms with Gasteiger partial charge in [0.2, 0.25) is 4.77 Å². The molecule has 3 aromatic rings. The summed E-state index contributed by atoms with van der Waals surface area (Å²) in [5.41, 5.74) is 1.96. The zero-order valence-electron chi connectivity index (χ0n) is 13.4. The van der Waals surface area contributed by atoms with Crippen LogP contribution < -0.4 is 4.74 Å². The van der Waals surface area contributed by atoms with E-state index in [1.807, 2.05) is 60.7 Å². The molecular formula is C18H15BrN4OS. The topological polar surface area (TPSA) is 55.2 Å². The first-order valence-electron chi connectivity index (χ1n) is 7.46. The normalized spacial score (nSPS) is 11.8. The van der Waals surface area contributed by atoms with Crippen LogP contribution in [0.5, 0.6) is 5.75 Å². The van der Waals surface area contributed by atoms with Crippen molar-refractivity contribution in [3.63, 3.8) is 0 Å². The van der Waals surface area contributed by atoms with Crippen molar-refractivity contribution in [2.45, 2.75) is 0 Å². The number of hydrogen-bond donors (Lipinski definition) is 1. The van der Waals surface area contributed by atoms with Crippen LogP contribution in [0.15, 0.2) is 64.2 Å². The van der Waals surface area contributed by atoms with Gasteiger partial charge in [-0.1, -0.05) is 30.3 Å². The van der Waals surface area contributed by atoms with Crippen LogP contribution in [0.2, 0.25) is 0 Å². The molecule has 126 valence electrons. The summed E-state index contributed by atoms with van der Waals surface area (Å²) in [6.45, 7) is 0. The van der Waals surface area contributed by atoms with E-state index < -0.39 is 0 Å². The maximum Gasteiger partial charge on any atom is 0.216 e. The highest BCUT2D eigenvalue weighted by Crippen LogP contribution is 2.21. The number of ether oxygens (including phenoxy) is 1. The molecule has 1 aromatic heterocycles. The largest absolute Gasteiger partial charge is 0.497 e. The lowest BCUT2D eigenvalue weighted by Gasteiger charge is -2.03. The molecule has 0 saturated carbocycles. The van der Waals surface area contributed by atoms with E-state index in [1.165, 1.54) is 0 Å². The first-order chi connectivity index (χ1) is 12.2. The molecule has 0 fully saturated rings. The molecule has 0 spiro atoms. The van der Waals surface area contributed by atoms with Gasteiger partial charge in [-0.05, 0) is 64.1 Å². The minimum atomic E-state index is 0.419. The Morgan fingerprint density at radius 1 is 1.20 bits per heavy atom. The van der Waals surface area contributed by atoms with Gasteiger partial charge in [0, 0.05) is 10.0 Å². The minimum Gasteiger partial charge on any atom is -0.497 e. The van der Waals surface area contributed by atoms with Crippen molar-refractivity contribution >= 4 is 40.4 Å². The average Bonchev–Trinajstić information content (AvgIpc) is 3.01. The number of aromatic amines is 1. The lowest BCUT2D eigenvalue weighted by atomic mass is 10.2. The van der Waals surface area contributed by atoms with Crippen molar-refractivity contribution in [2.24, 2.45) is 5.10 Å². The summed E-state index contributed by atoms with van der Waals surface area (Å²) in [5, 5.41) is 11.5. The SMILES string of the molecule is COc1ccc(-c2n[nH]c(=S)n2/N=C\C(Br)=C\c2ccccc2)cc1. The Balaban J connectivity index is 1.89. The number of rotatable bonds is 5. The lowest BCUT2D eigenvalue weighted by molar-refractivity contribution is 0.415. The van der Waals surface area contributed by atoms with Gasteiger partial charge in [0.1, 0.15) is 5.75 Å². The van der Waals surface area contributed by atoms with Crippen LogP contribution in [-0.2, 0) is 0 Å². The molecule has 0 unspecified atom stereocenters. The van der Waals surface area contributed by atoms with Gasteiger partial charge in [0.25, 0.3) is 0 Å². The van der Waals surface area contributed by atoms with Gasteiger partial charge in [0.15, 0.2) is 5.82 Å². The summed E-state index contributed by atoms with van der Waals surface area (Å²) in [4.78, 5) is 0. The molecule has 3 rings (SSSR count). The Kier molecular flexibility index (Phi) is 5.57. The first-order valence-corrected chi connectivity index (χ1v) is 8.66. The number of benzene rings is 2. The molecule has 7 heteroatoms. The number of methoxy groups -OCH3 is 1. The number of H-pyrrole nitrogens is 1. The minimum absolute atomic E-state index is 0.419. The summed E-state index contributed by atoms with van der Waals surface area (Å²) in [6.07, 6.45) is 3.66. The van der Waals surface area contributed by atoms with Crippen LogP contribution in [0.25, 0.3) is 17.5 Å². The Labute approximate surface area is 158 Å². The second kappa shape index (κ2) is 8.04. The van der Waals surface area contributed by atoms with Crippen molar-refractivity contribution < 1.29 is 4.74 Å². The van der Waals surface area contributed by atoms with Crippen molar-refractivity contribution in [1.82, 2.24) is 14.9 Å². The summed E-state index contributed by atoms with van der Waals surface area (Å²) in [6, 6.07) is 17.5. The Hall–Kier alpha value is -2.51. The predicted octanol–water partition coefficient (Wildman–Crippen LogP) is 4.89. The van der Waals surface area contributed by atoms with E-state index in [2.05, 4.69) is 31.2 Å². The van der Waals surface area contributed by atoms with Gasteiger partial charge in [0.05, 0.1) is 13.3 Å². The molecule has 25 heavy (non-hydrogen) atoms. The highest BCUT2D eigenvalue weighted by atomic mass is 79.9. The molecule has 0 amide bonds. The van der Waals surface area contributed by atoms with E-state index in [-0.39, 0.29) is 0 Å². The van der Waals surface area contributed by atoms with Crippen LogP contribution in [0.3, 0.4) is 0 Å². The van der Waals surface area contributed by atoms with E-state index in [0.717, 1.165) is 21.4 Å². The highest BCUT2D eigenvalue weighted by molar-refractivity contribution is 9.12. The third-order valence-electron chi connectivity index (χ3n) is 3.40. The number of allylic oxidation sites excluding steroid dienone is 1. The number of nitrogens with one attached hydrogen (secondary N) is 1. The van der Waals surface area contributed by atoms with Crippen molar-refractivity contribution in [3.8, 4) is 17.1 Å². The lowest BCUT2D eigenvalue weighted by Crippen LogP contribution is -1.94. The highest BCUT2D eigenvalue weighted by Gasteiger charge is 2.08. The molecule has 0 saturated heterocycles. The third kappa shape index (κ3) is 4.32. The van der Waals surface area contributed by atoms with Gasteiger partial charge < -0.3 is 4.74 Å². The molecule has 1 heterocycles. The molecule has 0 aliphatic rings. The van der Waals surface area contributed by atoms with Crippen LogP contribution in [-0.4, -0.2) is 28.2 Å². The molecule has 1 N–H and O–H groups in total. The number of halogens is 1. The summed E-state index contributed by atoms with van der Waals surface area (Å²) in [7, 11) is 1.63. The standard InChI is InChI=1S/C18H15BrN4OS/c1-24-16-9-7-14(8-10-16)17-21-22-18(25)23(17)20-12-15(19)11-13-5-3-2-4-6-13/h2-12H,1H3,(H,22,25)/b15-11-,20-12-. The fourth-order valence-corrected chi connectivity index (χ4v) is 2.72. The molecule has 0 aliphatic heterocycles. The molecule has 2 aromatic carbocycles. The van der Waals surface area contributed by atoms with E-state index in [0.29, 0.717) is 10.6 Å². The van der Waals surface area contributed by atoms with Gasteiger partial charge in [-0.25, -0.2) is 5.10 Å². The van der Waals surface area contributed by atoms with Gasteiger partial charge >= 0.3 is 0 Å². The van der Waals surface area contributed by atoms with Crippen molar-refractivity contribution in [1.29, 1.82) is 0 Å². The van der Waals surface area contributed by atoms with Crippen molar-refractivity contribution in [3.05, 3.63) is 69.4 Å². The van der Waals surface area contributed by atoms with Gasteiger partial charge in [-0.2, -0.15) is 14.9 Å². The molecule has 0 radical (unpaired) electrons. The van der Waals surface area contributed by atoms with Crippen molar-refractivity contribution in [2.75, 3.05) is 7.11 Å². The van der Waals surface area contributed by atoms with Crippen LogP contribution >= 0.6 is 28.1 Å². The number of hydrogen-bond acceptors (Lipinski definition) is 4. The summed E-state index contributed by atoms with van der Waals surface area (Å²) in [5.74, 6) is 1.41. The average molecular weight is 415 g/mol. The van der Waals surface area contributed by atoms with Crippen LogP contribution in [0.4, 0.5) is 0 Å². The van der Waals surface area contributed by atoms with E-state index in [9.17, 15) is 0 Å². The molecule has 0 aliphatic carbocycles.